The van der Waals surface area contributed by atoms with Crippen LogP contribution < -0.4 is 10.5 Å². The molecule has 20 heavy (non-hydrogen) atoms. The zero-order valence-electron chi connectivity index (χ0n) is 10.0. The summed E-state index contributed by atoms with van der Waals surface area (Å²) >= 11 is 5.65. The summed E-state index contributed by atoms with van der Waals surface area (Å²) in [6.07, 6.45) is -11.1. The number of hydrogen-bond donors (Lipinski definition) is 1. The van der Waals surface area contributed by atoms with Gasteiger partial charge in [0.05, 0.1) is 13.2 Å². The van der Waals surface area contributed by atoms with Crippen LogP contribution in [0.5, 0.6) is 5.75 Å². The molecule has 114 valence electrons. The second-order valence-corrected chi connectivity index (χ2v) is 4.38. The lowest BCUT2D eigenvalue weighted by Crippen LogP contribution is -2.44. The van der Waals surface area contributed by atoms with Crippen molar-refractivity contribution in [1.29, 1.82) is 0 Å². The number of ether oxygens (including phenoxy) is 1. The van der Waals surface area contributed by atoms with Crippen LogP contribution in [-0.2, 0) is 0 Å². The lowest BCUT2D eigenvalue weighted by atomic mass is 9.92. The number of halogens is 7. The molecule has 0 aliphatic carbocycles. The van der Waals surface area contributed by atoms with Crippen LogP contribution in [0.1, 0.15) is 11.6 Å². The molecule has 0 heterocycles. The molecule has 1 atom stereocenters. The maximum Gasteiger partial charge on any atom is 0.402 e. The Morgan fingerprint density at radius 3 is 1.95 bits per heavy atom. The lowest BCUT2D eigenvalue weighted by molar-refractivity contribution is -0.290. The average molecular weight is 322 g/mol. The van der Waals surface area contributed by atoms with Crippen LogP contribution >= 0.6 is 11.6 Å². The molecule has 0 aliphatic heterocycles. The molecule has 2 nitrogen and oxygen atoms in total. The van der Waals surface area contributed by atoms with Crippen LogP contribution in [0.15, 0.2) is 18.2 Å². The number of benzene rings is 1. The molecule has 9 heteroatoms. The fourth-order valence-corrected chi connectivity index (χ4v) is 1.97. The van der Waals surface area contributed by atoms with Crippen molar-refractivity contribution in [3.63, 3.8) is 0 Å². The van der Waals surface area contributed by atoms with Gasteiger partial charge >= 0.3 is 12.4 Å². The summed E-state index contributed by atoms with van der Waals surface area (Å²) in [5, 5.41) is -0.324. The van der Waals surface area contributed by atoms with E-state index in [2.05, 4.69) is 0 Å². The van der Waals surface area contributed by atoms with Crippen molar-refractivity contribution >= 4 is 11.6 Å². The van der Waals surface area contributed by atoms with Crippen molar-refractivity contribution in [2.24, 2.45) is 11.7 Å². The Labute approximate surface area is 115 Å². The Kier molecular flexibility index (Phi) is 4.81. The van der Waals surface area contributed by atoms with Gasteiger partial charge in [0.1, 0.15) is 5.75 Å². The summed E-state index contributed by atoms with van der Waals surface area (Å²) in [5.41, 5.74) is 4.69. The van der Waals surface area contributed by atoms with Crippen molar-refractivity contribution < 1.29 is 31.1 Å². The van der Waals surface area contributed by atoms with E-state index in [1.165, 1.54) is 13.2 Å². The van der Waals surface area contributed by atoms with Gasteiger partial charge in [0.25, 0.3) is 0 Å². The van der Waals surface area contributed by atoms with E-state index in [1.807, 2.05) is 0 Å². The van der Waals surface area contributed by atoms with E-state index in [-0.39, 0.29) is 10.8 Å². The molecule has 0 saturated heterocycles. The summed E-state index contributed by atoms with van der Waals surface area (Å²) in [6.45, 7) is 0. The van der Waals surface area contributed by atoms with Crippen molar-refractivity contribution in [1.82, 2.24) is 0 Å². The number of rotatable bonds is 3. The third-order valence-corrected chi connectivity index (χ3v) is 2.96. The third kappa shape index (κ3) is 3.69. The van der Waals surface area contributed by atoms with Gasteiger partial charge in [-0.2, -0.15) is 26.3 Å². The lowest BCUT2D eigenvalue weighted by Gasteiger charge is -2.28. The predicted molar refractivity (Wildman–Crippen MR) is 60.5 cm³/mol. The Morgan fingerprint density at radius 2 is 1.60 bits per heavy atom. The van der Waals surface area contributed by atoms with Gasteiger partial charge in [0.2, 0.25) is 0 Å². The van der Waals surface area contributed by atoms with E-state index in [9.17, 15) is 26.3 Å². The van der Waals surface area contributed by atoms with Crippen molar-refractivity contribution in [2.45, 2.75) is 18.4 Å². The van der Waals surface area contributed by atoms with Crippen LogP contribution in [0.3, 0.4) is 0 Å². The zero-order valence-corrected chi connectivity index (χ0v) is 10.8. The van der Waals surface area contributed by atoms with Gasteiger partial charge in [-0.15, -0.1) is 0 Å². The molecule has 1 rings (SSSR count). The van der Waals surface area contributed by atoms with Crippen molar-refractivity contribution in [3.8, 4) is 5.75 Å². The van der Waals surface area contributed by atoms with Crippen molar-refractivity contribution in [2.75, 3.05) is 7.11 Å². The molecule has 0 spiro atoms. The van der Waals surface area contributed by atoms with Crippen LogP contribution in [-0.4, -0.2) is 19.5 Å². The van der Waals surface area contributed by atoms with E-state index in [0.717, 1.165) is 12.1 Å². The van der Waals surface area contributed by atoms with Gasteiger partial charge in [-0.1, -0.05) is 17.7 Å². The number of methoxy groups -OCH3 is 1. The molecule has 0 aromatic heterocycles. The predicted octanol–water partition coefficient (Wildman–Crippen LogP) is 4.09. The SMILES string of the molecule is COc1ccc(C(N)C(C(F)(F)F)C(F)(F)F)c(Cl)c1. The zero-order chi connectivity index (χ0) is 15.7. The van der Waals surface area contributed by atoms with Crippen LogP contribution in [0.2, 0.25) is 5.02 Å². The monoisotopic (exact) mass is 321 g/mol. The van der Waals surface area contributed by atoms with Crippen molar-refractivity contribution in [3.05, 3.63) is 28.8 Å². The van der Waals surface area contributed by atoms with Crippen LogP contribution in [0.25, 0.3) is 0 Å². The molecule has 0 fully saturated rings. The van der Waals surface area contributed by atoms with Gasteiger partial charge < -0.3 is 10.5 Å². The normalized spacial score (nSPS) is 14.5. The molecule has 1 unspecified atom stereocenters. The average Bonchev–Trinajstić information content (AvgIpc) is 2.24. The molecule has 0 amide bonds. The molecule has 0 bridgehead atoms. The number of alkyl halides is 6. The highest BCUT2D eigenvalue weighted by molar-refractivity contribution is 6.31. The summed E-state index contributed by atoms with van der Waals surface area (Å²) in [4.78, 5) is 0. The van der Waals surface area contributed by atoms with Crippen LogP contribution in [0.4, 0.5) is 26.3 Å². The first-order valence-electron chi connectivity index (χ1n) is 5.21. The molecule has 0 aliphatic rings. The topological polar surface area (TPSA) is 35.2 Å². The Hall–Kier alpha value is -1.15. The highest BCUT2D eigenvalue weighted by atomic mass is 35.5. The molecule has 2 N–H and O–H groups in total. The Bertz CT molecular complexity index is 459. The fourth-order valence-electron chi connectivity index (χ4n) is 1.68. The second-order valence-electron chi connectivity index (χ2n) is 3.97. The molecule has 1 aromatic rings. The maximum atomic E-state index is 12.6. The minimum Gasteiger partial charge on any atom is -0.497 e. The first kappa shape index (κ1) is 16.9. The third-order valence-electron chi connectivity index (χ3n) is 2.63. The first-order chi connectivity index (χ1) is 8.98. The van der Waals surface area contributed by atoms with Gasteiger partial charge in [-0.05, 0) is 17.7 Å². The molecule has 0 saturated carbocycles. The maximum absolute atomic E-state index is 12.6. The Morgan fingerprint density at radius 1 is 1.10 bits per heavy atom. The van der Waals surface area contributed by atoms with Gasteiger partial charge in [-0.25, -0.2) is 0 Å². The van der Waals surface area contributed by atoms with Gasteiger partial charge in [0, 0.05) is 5.02 Å². The van der Waals surface area contributed by atoms with E-state index in [4.69, 9.17) is 22.1 Å². The Balaban J connectivity index is 3.23. The minimum atomic E-state index is -5.53. The fraction of sp³-hybridized carbons (Fsp3) is 0.455. The number of hydrogen-bond acceptors (Lipinski definition) is 2. The summed E-state index contributed by atoms with van der Waals surface area (Å²) in [7, 11) is 1.28. The van der Waals surface area contributed by atoms with E-state index in [0.29, 0.717) is 0 Å². The van der Waals surface area contributed by atoms with E-state index in [1.54, 1.807) is 0 Å². The quantitative estimate of drug-likeness (QED) is 0.851. The van der Waals surface area contributed by atoms with Crippen LogP contribution in [0, 0.1) is 5.92 Å². The van der Waals surface area contributed by atoms with Gasteiger partial charge in [-0.3, -0.25) is 0 Å². The summed E-state index contributed by atoms with van der Waals surface area (Å²) in [6, 6.07) is 0.912. The van der Waals surface area contributed by atoms with E-state index >= 15 is 0 Å². The number of nitrogens with two attached hydrogens (primary N) is 1. The molecular formula is C11H10ClF6NO. The highest BCUT2D eigenvalue weighted by Crippen LogP contribution is 2.46. The van der Waals surface area contributed by atoms with E-state index < -0.39 is 29.9 Å². The standard InChI is InChI=1S/C11H10ClF6NO/c1-20-5-2-3-6(7(12)4-5)8(19)9(10(13,14)15)11(16,17)18/h2-4,8-9H,19H2,1H3. The summed E-state index contributed by atoms with van der Waals surface area (Å²) < 4.78 is 80.1. The molecule has 1 aromatic carbocycles. The second kappa shape index (κ2) is 5.69. The first-order valence-corrected chi connectivity index (χ1v) is 5.58. The largest absolute Gasteiger partial charge is 0.497 e. The van der Waals surface area contributed by atoms with Gasteiger partial charge in [0.15, 0.2) is 5.92 Å². The minimum absolute atomic E-state index is 0.196. The molecular weight excluding hydrogens is 312 g/mol. The molecule has 0 radical (unpaired) electrons. The highest BCUT2D eigenvalue weighted by Gasteiger charge is 2.59. The summed E-state index contributed by atoms with van der Waals surface area (Å²) in [5.74, 6) is -3.50. The smallest absolute Gasteiger partial charge is 0.402 e.